The number of anilines is 1. The topological polar surface area (TPSA) is 66.9 Å². The average Bonchev–Trinajstić information content (AvgIpc) is 2.82. The Balaban J connectivity index is 1.78. The number of nitrogens with zero attached hydrogens (tertiary/aromatic N) is 2. The molecule has 0 heterocycles. The number of sulfonamides is 1. The van der Waals surface area contributed by atoms with E-state index in [1.54, 1.807) is 24.3 Å². The molecule has 0 aliphatic heterocycles. The van der Waals surface area contributed by atoms with Crippen LogP contribution < -0.4 is 9.04 Å². The van der Waals surface area contributed by atoms with Gasteiger partial charge in [0, 0.05) is 20.1 Å². The lowest BCUT2D eigenvalue weighted by Gasteiger charge is -2.28. The molecule has 1 unspecified atom stereocenters. The molecule has 3 aromatic carbocycles. The van der Waals surface area contributed by atoms with E-state index >= 15 is 0 Å². The van der Waals surface area contributed by atoms with Crippen LogP contribution in [0.25, 0.3) is 0 Å². The summed E-state index contributed by atoms with van der Waals surface area (Å²) in [5.41, 5.74) is 2.62. The molecule has 0 radical (unpaired) electrons. The molecular weight excluding hydrogens is 436 g/mol. The van der Waals surface area contributed by atoms with E-state index in [1.807, 2.05) is 72.5 Å². The van der Waals surface area contributed by atoms with Gasteiger partial charge in [-0.15, -0.1) is 0 Å². The van der Waals surface area contributed by atoms with Crippen LogP contribution in [0.1, 0.15) is 24.5 Å². The van der Waals surface area contributed by atoms with Crippen molar-refractivity contribution in [3.05, 3.63) is 96.1 Å². The minimum atomic E-state index is -3.35. The maximum Gasteiger partial charge on any atom is 0.264 e. The number of hydrogen-bond acceptors (Lipinski definition) is 4. The van der Waals surface area contributed by atoms with Crippen molar-refractivity contribution in [1.29, 1.82) is 0 Å². The van der Waals surface area contributed by atoms with Crippen LogP contribution in [0.15, 0.2) is 84.9 Å². The first-order valence-corrected chi connectivity index (χ1v) is 12.7. The van der Waals surface area contributed by atoms with Crippen molar-refractivity contribution in [3.8, 4) is 5.75 Å². The van der Waals surface area contributed by atoms with Gasteiger partial charge < -0.3 is 9.64 Å². The van der Waals surface area contributed by atoms with Gasteiger partial charge in [0.1, 0.15) is 5.75 Å². The summed E-state index contributed by atoms with van der Waals surface area (Å²) in [7, 11) is -1.85. The number of amides is 1. The normalized spacial score (nSPS) is 12.1. The van der Waals surface area contributed by atoms with Gasteiger partial charge in [-0.3, -0.25) is 9.10 Å². The van der Waals surface area contributed by atoms with Gasteiger partial charge in [-0.05, 0) is 41.8 Å². The van der Waals surface area contributed by atoms with Gasteiger partial charge in [-0.2, -0.15) is 0 Å². The van der Waals surface area contributed by atoms with Crippen molar-refractivity contribution >= 4 is 21.6 Å². The Morgan fingerprint density at radius 2 is 1.33 bits per heavy atom. The zero-order chi connectivity index (χ0) is 23.8. The zero-order valence-corrected chi connectivity index (χ0v) is 20.0. The van der Waals surface area contributed by atoms with Gasteiger partial charge >= 0.3 is 0 Å². The first-order valence-electron chi connectivity index (χ1n) is 10.8. The molecule has 1 atom stereocenters. The zero-order valence-electron chi connectivity index (χ0n) is 19.2. The molecule has 3 aromatic rings. The van der Waals surface area contributed by atoms with E-state index in [2.05, 4.69) is 0 Å². The summed E-state index contributed by atoms with van der Waals surface area (Å²) in [6, 6.07) is 26.5. The molecule has 6 nitrogen and oxygen atoms in total. The van der Waals surface area contributed by atoms with E-state index in [0.29, 0.717) is 30.9 Å². The molecule has 0 aliphatic carbocycles. The van der Waals surface area contributed by atoms with E-state index in [-0.39, 0.29) is 5.91 Å². The summed E-state index contributed by atoms with van der Waals surface area (Å²) in [6.45, 7) is 2.87. The summed E-state index contributed by atoms with van der Waals surface area (Å²) in [5.74, 6) is 0.419. The van der Waals surface area contributed by atoms with E-state index in [4.69, 9.17) is 4.74 Å². The SMILES string of the molecule is CCC(Oc1ccc(N(C)S(C)(=O)=O)cc1)C(=O)N(Cc1ccccc1)Cc1ccccc1. The molecule has 3 rings (SSSR count). The number of ether oxygens (including phenoxy) is 1. The van der Waals surface area contributed by atoms with Gasteiger partial charge in [0.2, 0.25) is 10.0 Å². The first-order chi connectivity index (χ1) is 15.8. The summed E-state index contributed by atoms with van der Waals surface area (Å²) >= 11 is 0. The van der Waals surface area contributed by atoms with Crippen LogP contribution in [-0.2, 0) is 27.9 Å². The number of rotatable bonds is 10. The second-order valence-electron chi connectivity index (χ2n) is 7.90. The highest BCUT2D eigenvalue weighted by molar-refractivity contribution is 7.92. The van der Waals surface area contributed by atoms with E-state index in [0.717, 1.165) is 17.4 Å². The van der Waals surface area contributed by atoms with Gasteiger partial charge in [0.25, 0.3) is 5.91 Å². The Morgan fingerprint density at radius 3 is 1.76 bits per heavy atom. The third-order valence-electron chi connectivity index (χ3n) is 5.37. The van der Waals surface area contributed by atoms with Crippen LogP contribution in [0.4, 0.5) is 5.69 Å². The Bertz CT molecular complexity index is 1090. The van der Waals surface area contributed by atoms with Crippen LogP contribution in [0.2, 0.25) is 0 Å². The molecule has 0 saturated heterocycles. The van der Waals surface area contributed by atoms with Crippen molar-refractivity contribution in [2.45, 2.75) is 32.5 Å². The van der Waals surface area contributed by atoms with E-state index in [1.165, 1.54) is 11.4 Å². The quantitative estimate of drug-likeness (QED) is 0.442. The number of benzene rings is 3. The Hall–Kier alpha value is -3.32. The fourth-order valence-corrected chi connectivity index (χ4v) is 3.93. The van der Waals surface area contributed by atoms with Crippen molar-refractivity contribution in [1.82, 2.24) is 4.90 Å². The number of carbonyl (C=O) groups excluding carboxylic acids is 1. The molecule has 174 valence electrons. The van der Waals surface area contributed by atoms with Gasteiger partial charge in [-0.1, -0.05) is 67.6 Å². The fraction of sp³-hybridized carbons (Fsp3) is 0.269. The second-order valence-corrected chi connectivity index (χ2v) is 9.92. The molecule has 0 saturated carbocycles. The predicted octanol–water partition coefficient (Wildman–Crippen LogP) is 4.47. The molecule has 0 bridgehead atoms. The van der Waals surface area contributed by atoms with Crippen molar-refractivity contribution in [2.24, 2.45) is 0 Å². The molecule has 0 spiro atoms. The smallest absolute Gasteiger partial charge is 0.264 e. The van der Waals surface area contributed by atoms with Crippen molar-refractivity contribution in [3.63, 3.8) is 0 Å². The maximum atomic E-state index is 13.5. The van der Waals surface area contributed by atoms with Crippen LogP contribution in [0.5, 0.6) is 5.75 Å². The number of carbonyl (C=O) groups is 1. The molecule has 33 heavy (non-hydrogen) atoms. The average molecular weight is 467 g/mol. The van der Waals surface area contributed by atoms with Gasteiger partial charge in [-0.25, -0.2) is 8.42 Å². The van der Waals surface area contributed by atoms with Crippen LogP contribution >= 0.6 is 0 Å². The fourth-order valence-electron chi connectivity index (χ4n) is 3.42. The second kappa shape index (κ2) is 11.0. The Labute approximate surface area is 196 Å². The third-order valence-corrected chi connectivity index (χ3v) is 6.57. The molecule has 0 N–H and O–H groups in total. The lowest BCUT2D eigenvalue weighted by molar-refractivity contribution is -0.140. The lowest BCUT2D eigenvalue weighted by Crippen LogP contribution is -2.41. The molecule has 0 aliphatic rings. The Morgan fingerprint density at radius 1 is 0.848 bits per heavy atom. The summed E-state index contributed by atoms with van der Waals surface area (Å²) in [4.78, 5) is 15.3. The standard InChI is InChI=1S/C26H30N2O4S/c1-4-25(32-24-17-15-23(16-18-24)27(2)33(3,30)31)26(29)28(19-21-11-7-5-8-12-21)20-22-13-9-6-10-14-22/h5-18,25H,4,19-20H2,1-3H3. The van der Waals surface area contributed by atoms with Crippen molar-refractivity contribution < 1.29 is 17.9 Å². The number of hydrogen-bond donors (Lipinski definition) is 0. The molecule has 0 aromatic heterocycles. The highest BCUT2D eigenvalue weighted by Crippen LogP contribution is 2.23. The summed E-state index contributed by atoms with van der Waals surface area (Å²) < 4.78 is 30.7. The molecular formula is C26H30N2O4S. The third kappa shape index (κ3) is 6.83. The summed E-state index contributed by atoms with van der Waals surface area (Å²) in [5, 5.41) is 0. The first kappa shape index (κ1) is 24.3. The predicted molar refractivity (Wildman–Crippen MR) is 132 cm³/mol. The van der Waals surface area contributed by atoms with Crippen LogP contribution in [-0.4, -0.2) is 38.6 Å². The molecule has 0 fully saturated rings. The maximum absolute atomic E-state index is 13.5. The van der Waals surface area contributed by atoms with Gasteiger partial charge in [0.05, 0.1) is 11.9 Å². The van der Waals surface area contributed by atoms with Crippen LogP contribution in [0.3, 0.4) is 0 Å². The minimum absolute atomic E-state index is 0.0949. The van der Waals surface area contributed by atoms with Crippen molar-refractivity contribution in [2.75, 3.05) is 17.6 Å². The van der Waals surface area contributed by atoms with E-state index < -0.39 is 16.1 Å². The largest absolute Gasteiger partial charge is 0.481 e. The lowest BCUT2D eigenvalue weighted by atomic mass is 10.1. The highest BCUT2D eigenvalue weighted by Gasteiger charge is 2.25. The minimum Gasteiger partial charge on any atom is -0.481 e. The Kier molecular flexibility index (Phi) is 8.11. The van der Waals surface area contributed by atoms with Crippen LogP contribution in [0, 0.1) is 0 Å². The van der Waals surface area contributed by atoms with Gasteiger partial charge in [0.15, 0.2) is 6.10 Å². The monoisotopic (exact) mass is 466 g/mol. The van der Waals surface area contributed by atoms with E-state index in [9.17, 15) is 13.2 Å². The summed E-state index contributed by atoms with van der Waals surface area (Å²) in [6.07, 6.45) is 0.997. The molecule has 7 heteroatoms. The molecule has 1 amide bonds. The highest BCUT2D eigenvalue weighted by atomic mass is 32.2.